The molecule has 5 heteroatoms. The van der Waals surface area contributed by atoms with E-state index in [-0.39, 0.29) is 11.9 Å². The molecule has 1 amide bonds. The minimum absolute atomic E-state index is 0.0290. The van der Waals surface area contributed by atoms with Gasteiger partial charge >= 0.3 is 0 Å². The highest BCUT2D eigenvalue weighted by molar-refractivity contribution is 5.99. The Morgan fingerprint density at radius 1 is 1.15 bits per heavy atom. The molecule has 0 fully saturated rings. The Kier molecular flexibility index (Phi) is 5.03. The second kappa shape index (κ2) is 7.76. The molecule has 2 heterocycles. The number of nitrogens with one attached hydrogen (secondary N) is 1. The predicted octanol–water partition coefficient (Wildman–Crippen LogP) is 3.52. The van der Waals surface area contributed by atoms with Crippen LogP contribution in [0.5, 0.6) is 0 Å². The summed E-state index contributed by atoms with van der Waals surface area (Å²) in [6.45, 7) is 4.79. The molecule has 27 heavy (non-hydrogen) atoms. The molecule has 0 aliphatic carbocycles. The van der Waals surface area contributed by atoms with Crippen molar-refractivity contribution >= 4 is 5.91 Å². The fourth-order valence-electron chi connectivity index (χ4n) is 3.64. The smallest absolute Gasteiger partial charge is 0.257 e. The molecule has 1 aliphatic rings. The van der Waals surface area contributed by atoms with E-state index in [1.807, 2.05) is 37.3 Å². The fourth-order valence-corrected chi connectivity index (χ4v) is 3.64. The molecule has 4 rings (SSSR count). The van der Waals surface area contributed by atoms with E-state index in [9.17, 15) is 4.79 Å². The largest absolute Gasteiger partial charge is 0.355 e. The fraction of sp³-hybridized carbons (Fsp3) is 0.273. The Labute approximate surface area is 159 Å². The molecule has 1 aromatic heterocycles. The number of fused-ring (bicyclic) bond motifs is 1. The number of hydrogen-bond donors (Lipinski definition) is 1. The highest BCUT2D eigenvalue weighted by atomic mass is 16.5. The first-order valence-electron chi connectivity index (χ1n) is 9.31. The van der Waals surface area contributed by atoms with Crippen molar-refractivity contribution in [3.63, 3.8) is 0 Å². The topological polar surface area (TPSA) is 58.4 Å². The van der Waals surface area contributed by atoms with Crippen molar-refractivity contribution in [3.8, 4) is 11.3 Å². The van der Waals surface area contributed by atoms with E-state index in [0.29, 0.717) is 11.3 Å². The number of hydrogen-bond acceptors (Lipinski definition) is 4. The molecule has 1 atom stereocenters. The van der Waals surface area contributed by atoms with Crippen molar-refractivity contribution in [1.82, 2.24) is 15.4 Å². The maximum absolute atomic E-state index is 12.7. The number of amides is 1. The first kappa shape index (κ1) is 17.5. The van der Waals surface area contributed by atoms with Gasteiger partial charge in [-0.05, 0) is 24.5 Å². The Balaban J connectivity index is 1.39. The maximum atomic E-state index is 12.7. The molecule has 138 valence electrons. The van der Waals surface area contributed by atoms with Gasteiger partial charge in [-0.25, -0.2) is 0 Å². The Hall–Kier alpha value is -2.92. The molecular weight excluding hydrogens is 338 g/mol. The van der Waals surface area contributed by atoms with Gasteiger partial charge in [0.25, 0.3) is 5.91 Å². The van der Waals surface area contributed by atoms with Crippen LogP contribution in [0, 0.1) is 0 Å². The van der Waals surface area contributed by atoms with Crippen LogP contribution < -0.4 is 5.32 Å². The Morgan fingerprint density at radius 2 is 1.89 bits per heavy atom. The van der Waals surface area contributed by atoms with Crippen LogP contribution in [0.2, 0.25) is 0 Å². The summed E-state index contributed by atoms with van der Waals surface area (Å²) >= 11 is 0. The number of carbonyl (C=O) groups is 1. The van der Waals surface area contributed by atoms with E-state index in [0.717, 1.165) is 31.6 Å². The average molecular weight is 361 g/mol. The SMILES string of the molecule is C[C@@H](CN1CCc2ccccc2C1)NC(=O)c1cnoc1-c1ccccc1. The van der Waals surface area contributed by atoms with Gasteiger partial charge in [0.05, 0.1) is 6.20 Å². The lowest BCUT2D eigenvalue weighted by Crippen LogP contribution is -2.43. The summed E-state index contributed by atoms with van der Waals surface area (Å²) in [5, 5.41) is 6.90. The molecule has 1 aliphatic heterocycles. The Bertz CT molecular complexity index is 920. The summed E-state index contributed by atoms with van der Waals surface area (Å²) in [6.07, 6.45) is 2.54. The summed E-state index contributed by atoms with van der Waals surface area (Å²) in [4.78, 5) is 15.1. The summed E-state index contributed by atoms with van der Waals surface area (Å²) in [6, 6.07) is 18.2. The summed E-state index contributed by atoms with van der Waals surface area (Å²) in [5.41, 5.74) is 4.13. The van der Waals surface area contributed by atoms with E-state index in [4.69, 9.17) is 4.52 Å². The van der Waals surface area contributed by atoms with Gasteiger partial charge in [-0.3, -0.25) is 9.69 Å². The van der Waals surface area contributed by atoms with Gasteiger partial charge < -0.3 is 9.84 Å². The molecule has 2 aromatic carbocycles. The molecular formula is C22H23N3O2. The van der Waals surface area contributed by atoms with Gasteiger partial charge in [0.15, 0.2) is 5.76 Å². The molecule has 1 N–H and O–H groups in total. The first-order valence-corrected chi connectivity index (χ1v) is 9.31. The van der Waals surface area contributed by atoms with E-state index in [2.05, 4.69) is 39.6 Å². The highest BCUT2D eigenvalue weighted by Gasteiger charge is 2.22. The zero-order valence-electron chi connectivity index (χ0n) is 15.4. The third-order valence-electron chi connectivity index (χ3n) is 4.97. The van der Waals surface area contributed by atoms with Crippen LogP contribution in [-0.2, 0) is 13.0 Å². The van der Waals surface area contributed by atoms with Crippen molar-refractivity contribution in [3.05, 3.63) is 77.5 Å². The van der Waals surface area contributed by atoms with Crippen molar-refractivity contribution in [1.29, 1.82) is 0 Å². The quantitative estimate of drug-likeness (QED) is 0.755. The monoisotopic (exact) mass is 361 g/mol. The van der Waals surface area contributed by atoms with Gasteiger partial charge in [-0.15, -0.1) is 0 Å². The van der Waals surface area contributed by atoms with Crippen LogP contribution in [0.1, 0.15) is 28.4 Å². The minimum atomic E-state index is -0.153. The lowest BCUT2D eigenvalue weighted by molar-refractivity contribution is 0.0927. The van der Waals surface area contributed by atoms with Gasteiger partial charge in [0.2, 0.25) is 0 Å². The van der Waals surface area contributed by atoms with Gasteiger partial charge in [-0.1, -0.05) is 59.8 Å². The van der Waals surface area contributed by atoms with Gasteiger partial charge in [0.1, 0.15) is 5.56 Å². The van der Waals surface area contributed by atoms with Crippen LogP contribution >= 0.6 is 0 Å². The van der Waals surface area contributed by atoms with E-state index in [1.165, 1.54) is 17.3 Å². The second-order valence-electron chi connectivity index (χ2n) is 7.06. The normalized spacial score (nSPS) is 15.1. The van der Waals surface area contributed by atoms with Crippen molar-refractivity contribution in [2.45, 2.75) is 25.9 Å². The summed E-state index contributed by atoms with van der Waals surface area (Å²) in [5.74, 6) is 0.354. The average Bonchev–Trinajstić information content (AvgIpc) is 3.18. The first-order chi connectivity index (χ1) is 13.2. The highest BCUT2D eigenvalue weighted by Crippen LogP contribution is 2.23. The van der Waals surface area contributed by atoms with E-state index < -0.39 is 0 Å². The number of nitrogens with zero attached hydrogens (tertiary/aromatic N) is 2. The van der Waals surface area contributed by atoms with Gasteiger partial charge in [-0.2, -0.15) is 0 Å². The zero-order chi connectivity index (χ0) is 18.6. The van der Waals surface area contributed by atoms with E-state index in [1.54, 1.807) is 0 Å². The van der Waals surface area contributed by atoms with Crippen LogP contribution in [-0.4, -0.2) is 35.1 Å². The molecule has 0 radical (unpaired) electrons. The summed E-state index contributed by atoms with van der Waals surface area (Å²) in [7, 11) is 0. The third-order valence-corrected chi connectivity index (χ3v) is 4.97. The molecule has 0 unspecified atom stereocenters. The van der Waals surface area contributed by atoms with E-state index >= 15 is 0 Å². The predicted molar refractivity (Wildman–Crippen MR) is 104 cm³/mol. The van der Waals surface area contributed by atoms with Crippen LogP contribution in [0.25, 0.3) is 11.3 Å². The third kappa shape index (κ3) is 3.93. The number of aromatic nitrogens is 1. The Morgan fingerprint density at radius 3 is 2.70 bits per heavy atom. The van der Waals surface area contributed by atoms with Gasteiger partial charge in [0, 0.05) is 31.2 Å². The van der Waals surface area contributed by atoms with Crippen molar-refractivity contribution < 1.29 is 9.32 Å². The summed E-state index contributed by atoms with van der Waals surface area (Å²) < 4.78 is 5.32. The molecule has 0 spiro atoms. The van der Waals surface area contributed by atoms with Crippen molar-refractivity contribution in [2.75, 3.05) is 13.1 Å². The van der Waals surface area contributed by atoms with Crippen LogP contribution in [0.15, 0.2) is 65.3 Å². The maximum Gasteiger partial charge on any atom is 0.257 e. The minimum Gasteiger partial charge on any atom is -0.355 e. The molecule has 3 aromatic rings. The molecule has 5 nitrogen and oxygen atoms in total. The number of benzene rings is 2. The standard InChI is InChI=1S/C22H23N3O2/c1-16(14-25-12-11-17-7-5-6-10-19(17)15-25)24-22(26)20-13-23-27-21(20)18-8-3-2-4-9-18/h2-10,13,16H,11-12,14-15H2,1H3,(H,24,26)/t16-/m0/s1. The molecule has 0 bridgehead atoms. The molecule has 0 saturated carbocycles. The lowest BCUT2D eigenvalue weighted by atomic mass is 9.99. The number of carbonyl (C=O) groups excluding carboxylic acids is 1. The van der Waals surface area contributed by atoms with Crippen LogP contribution in [0.4, 0.5) is 0 Å². The van der Waals surface area contributed by atoms with Crippen LogP contribution in [0.3, 0.4) is 0 Å². The zero-order valence-corrected chi connectivity index (χ0v) is 15.4. The molecule has 0 saturated heterocycles. The lowest BCUT2D eigenvalue weighted by Gasteiger charge is -2.31. The second-order valence-corrected chi connectivity index (χ2v) is 7.06. The number of rotatable bonds is 5. The van der Waals surface area contributed by atoms with Crippen molar-refractivity contribution in [2.24, 2.45) is 0 Å².